The molecule has 2 nitrogen and oxygen atoms in total. The summed E-state index contributed by atoms with van der Waals surface area (Å²) in [5.41, 5.74) is 1.51. The van der Waals surface area contributed by atoms with Crippen LogP contribution in [0, 0.1) is 0 Å². The third-order valence-electron chi connectivity index (χ3n) is 3.49. The predicted octanol–water partition coefficient (Wildman–Crippen LogP) is 3.30. The monoisotopic (exact) mass is 238 g/mol. The molecule has 1 aromatic heterocycles. The van der Waals surface area contributed by atoms with Gasteiger partial charge < -0.3 is 5.32 Å². The Labute approximate surface area is 102 Å². The Kier molecular flexibility index (Phi) is 3.65. The Morgan fingerprint density at radius 1 is 1.44 bits per heavy atom. The van der Waals surface area contributed by atoms with Gasteiger partial charge in [0.05, 0.1) is 10.7 Å². The molecular formula is C13H22N2S. The lowest BCUT2D eigenvalue weighted by Gasteiger charge is -2.21. The third-order valence-corrected chi connectivity index (χ3v) is 4.72. The largest absolute Gasteiger partial charge is 0.319 e. The van der Waals surface area contributed by atoms with Crippen molar-refractivity contribution in [2.45, 2.75) is 50.9 Å². The van der Waals surface area contributed by atoms with E-state index in [0.29, 0.717) is 0 Å². The van der Waals surface area contributed by atoms with Crippen LogP contribution in [-0.2, 0) is 5.41 Å². The normalized spacial score (nSPS) is 18.2. The van der Waals surface area contributed by atoms with Gasteiger partial charge in [-0.15, -0.1) is 11.3 Å². The first kappa shape index (κ1) is 12.1. The molecule has 0 aromatic carbocycles. The quantitative estimate of drug-likeness (QED) is 0.870. The van der Waals surface area contributed by atoms with Crippen LogP contribution in [0.2, 0.25) is 0 Å². The summed E-state index contributed by atoms with van der Waals surface area (Å²) >= 11 is 1.83. The van der Waals surface area contributed by atoms with Gasteiger partial charge in [0.25, 0.3) is 0 Å². The zero-order valence-corrected chi connectivity index (χ0v) is 11.4. The first-order valence-electron chi connectivity index (χ1n) is 6.24. The number of hydrogen-bond acceptors (Lipinski definition) is 3. The number of aromatic nitrogens is 1. The lowest BCUT2D eigenvalue weighted by molar-refractivity contribution is 0.488. The molecule has 0 spiro atoms. The van der Waals surface area contributed by atoms with Crippen LogP contribution in [0.15, 0.2) is 5.38 Å². The summed E-state index contributed by atoms with van der Waals surface area (Å²) in [6, 6.07) is 0. The molecule has 1 saturated carbocycles. The number of nitrogens with zero attached hydrogens (tertiary/aromatic N) is 1. The summed E-state index contributed by atoms with van der Waals surface area (Å²) in [5, 5.41) is 6.81. The fourth-order valence-corrected chi connectivity index (χ4v) is 3.55. The first-order valence-corrected chi connectivity index (χ1v) is 7.12. The highest BCUT2D eigenvalue weighted by Gasteiger charge is 2.26. The average molecular weight is 238 g/mol. The SMILES string of the molecule is CNCC(C)(C)c1nc(C2CCCC2)cs1. The molecule has 0 atom stereocenters. The van der Waals surface area contributed by atoms with E-state index in [9.17, 15) is 0 Å². The smallest absolute Gasteiger partial charge is 0.0997 e. The molecule has 0 aliphatic heterocycles. The first-order chi connectivity index (χ1) is 7.63. The molecule has 1 aliphatic rings. The Bertz CT molecular complexity index is 337. The van der Waals surface area contributed by atoms with Crippen molar-refractivity contribution in [1.29, 1.82) is 0 Å². The number of rotatable bonds is 4. The summed E-state index contributed by atoms with van der Waals surface area (Å²) < 4.78 is 0. The van der Waals surface area contributed by atoms with Crippen molar-refractivity contribution in [1.82, 2.24) is 10.3 Å². The van der Waals surface area contributed by atoms with Crippen LogP contribution in [0.3, 0.4) is 0 Å². The van der Waals surface area contributed by atoms with Gasteiger partial charge in [-0.25, -0.2) is 4.98 Å². The summed E-state index contributed by atoms with van der Waals surface area (Å²) in [6.45, 7) is 5.52. The summed E-state index contributed by atoms with van der Waals surface area (Å²) in [4.78, 5) is 4.86. The molecule has 0 amide bonds. The molecule has 2 rings (SSSR count). The summed E-state index contributed by atoms with van der Waals surface area (Å²) in [6.07, 6.45) is 5.46. The number of nitrogens with one attached hydrogen (secondary N) is 1. The topological polar surface area (TPSA) is 24.9 Å². The lowest BCUT2D eigenvalue weighted by Crippen LogP contribution is -2.30. The second-order valence-electron chi connectivity index (χ2n) is 5.47. The van der Waals surface area contributed by atoms with Crippen LogP contribution in [0.1, 0.15) is 56.2 Å². The molecule has 90 valence electrons. The highest BCUT2D eigenvalue weighted by atomic mass is 32.1. The van der Waals surface area contributed by atoms with Gasteiger partial charge in [0.1, 0.15) is 0 Å². The number of hydrogen-bond donors (Lipinski definition) is 1. The molecule has 1 N–H and O–H groups in total. The van der Waals surface area contributed by atoms with E-state index in [1.54, 1.807) is 0 Å². The molecule has 1 aromatic rings. The summed E-state index contributed by atoms with van der Waals surface area (Å²) in [5.74, 6) is 0.746. The van der Waals surface area contributed by atoms with Crippen molar-refractivity contribution in [3.63, 3.8) is 0 Å². The molecule has 0 bridgehead atoms. The van der Waals surface area contributed by atoms with E-state index in [2.05, 4.69) is 24.5 Å². The fraction of sp³-hybridized carbons (Fsp3) is 0.769. The minimum Gasteiger partial charge on any atom is -0.319 e. The molecule has 0 saturated heterocycles. The Balaban J connectivity index is 2.12. The molecule has 0 radical (unpaired) electrons. The van der Waals surface area contributed by atoms with Gasteiger partial charge in [0.2, 0.25) is 0 Å². The molecule has 1 fully saturated rings. The van der Waals surface area contributed by atoms with Gasteiger partial charge in [0.15, 0.2) is 0 Å². The highest BCUT2D eigenvalue weighted by molar-refractivity contribution is 7.09. The summed E-state index contributed by atoms with van der Waals surface area (Å²) in [7, 11) is 2.01. The highest BCUT2D eigenvalue weighted by Crippen LogP contribution is 2.36. The van der Waals surface area contributed by atoms with E-state index < -0.39 is 0 Å². The van der Waals surface area contributed by atoms with E-state index in [1.807, 2.05) is 18.4 Å². The zero-order chi connectivity index (χ0) is 11.6. The van der Waals surface area contributed by atoms with Gasteiger partial charge in [-0.05, 0) is 19.9 Å². The molecule has 16 heavy (non-hydrogen) atoms. The predicted molar refractivity (Wildman–Crippen MR) is 70.3 cm³/mol. The molecule has 3 heteroatoms. The van der Waals surface area contributed by atoms with Crippen molar-refractivity contribution in [3.8, 4) is 0 Å². The fourth-order valence-electron chi connectivity index (χ4n) is 2.52. The van der Waals surface area contributed by atoms with E-state index in [1.165, 1.54) is 36.4 Å². The Hall–Kier alpha value is -0.410. The van der Waals surface area contributed by atoms with Crippen LogP contribution in [0.5, 0.6) is 0 Å². The molecule has 1 aliphatic carbocycles. The molecule has 0 unspecified atom stereocenters. The molecule has 1 heterocycles. The maximum absolute atomic E-state index is 4.86. The van der Waals surface area contributed by atoms with E-state index in [0.717, 1.165) is 12.5 Å². The minimum absolute atomic E-state index is 0.163. The second-order valence-corrected chi connectivity index (χ2v) is 6.33. The van der Waals surface area contributed by atoms with Gasteiger partial charge in [0, 0.05) is 23.3 Å². The van der Waals surface area contributed by atoms with E-state index in [4.69, 9.17) is 4.98 Å². The van der Waals surface area contributed by atoms with Crippen molar-refractivity contribution in [3.05, 3.63) is 16.1 Å². The Morgan fingerprint density at radius 2 is 2.12 bits per heavy atom. The standard InChI is InChI=1S/C13H22N2S/c1-13(2,9-14-3)12-15-11(8-16-12)10-6-4-5-7-10/h8,10,14H,4-7,9H2,1-3H3. The van der Waals surface area contributed by atoms with Crippen LogP contribution >= 0.6 is 11.3 Å². The minimum atomic E-state index is 0.163. The van der Waals surface area contributed by atoms with Crippen molar-refractivity contribution in [2.24, 2.45) is 0 Å². The average Bonchev–Trinajstić information content (AvgIpc) is 2.89. The second kappa shape index (κ2) is 4.84. The van der Waals surface area contributed by atoms with Crippen LogP contribution in [0.25, 0.3) is 0 Å². The zero-order valence-electron chi connectivity index (χ0n) is 10.5. The number of likely N-dealkylation sites (N-methyl/N-ethyl adjacent to an activating group) is 1. The molecular weight excluding hydrogens is 216 g/mol. The number of thiazole rings is 1. The van der Waals surface area contributed by atoms with Crippen molar-refractivity contribution < 1.29 is 0 Å². The van der Waals surface area contributed by atoms with Crippen LogP contribution in [0.4, 0.5) is 0 Å². The third kappa shape index (κ3) is 2.46. The van der Waals surface area contributed by atoms with Crippen LogP contribution < -0.4 is 5.32 Å². The van der Waals surface area contributed by atoms with E-state index in [-0.39, 0.29) is 5.41 Å². The van der Waals surface area contributed by atoms with Crippen molar-refractivity contribution >= 4 is 11.3 Å². The van der Waals surface area contributed by atoms with Crippen LogP contribution in [-0.4, -0.2) is 18.6 Å². The van der Waals surface area contributed by atoms with E-state index >= 15 is 0 Å². The lowest BCUT2D eigenvalue weighted by atomic mass is 9.94. The van der Waals surface area contributed by atoms with Gasteiger partial charge in [-0.3, -0.25) is 0 Å². The maximum atomic E-state index is 4.86. The van der Waals surface area contributed by atoms with Gasteiger partial charge in [-0.2, -0.15) is 0 Å². The van der Waals surface area contributed by atoms with Gasteiger partial charge >= 0.3 is 0 Å². The van der Waals surface area contributed by atoms with Gasteiger partial charge in [-0.1, -0.05) is 26.7 Å². The van der Waals surface area contributed by atoms with Crippen molar-refractivity contribution in [2.75, 3.05) is 13.6 Å². The maximum Gasteiger partial charge on any atom is 0.0997 e. The Morgan fingerprint density at radius 3 is 2.75 bits per heavy atom.